The Morgan fingerprint density at radius 2 is 2.36 bits per heavy atom. The van der Waals surface area contributed by atoms with Gasteiger partial charge in [0.25, 0.3) is 0 Å². The van der Waals surface area contributed by atoms with Gasteiger partial charge in [-0.25, -0.2) is 0 Å². The number of hydrogen-bond acceptors (Lipinski definition) is 1. The van der Waals surface area contributed by atoms with E-state index in [4.69, 9.17) is 11.6 Å². The summed E-state index contributed by atoms with van der Waals surface area (Å²) in [5.41, 5.74) is 1.59. The van der Waals surface area contributed by atoms with Gasteiger partial charge in [-0.15, -0.1) is 22.9 Å². The molecule has 1 aromatic heterocycles. The fraction of sp³-hybridized carbons (Fsp3) is 0.667. The molecule has 1 aromatic rings. The zero-order valence-electron chi connectivity index (χ0n) is 8.63. The fourth-order valence-electron chi connectivity index (χ4n) is 2.53. The SMILES string of the molecule is Cc1sccc1C1CCCC(CCl)C1. The van der Waals surface area contributed by atoms with Crippen LogP contribution in [0.15, 0.2) is 11.4 Å². The van der Waals surface area contributed by atoms with E-state index in [2.05, 4.69) is 18.4 Å². The fourth-order valence-corrected chi connectivity index (χ4v) is 3.60. The molecule has 1 fully saturated rings. The maximum Gasteiger partial charge on any atom is 0.0251 e. The molecule has 2 atom stereocenters. The molecule has 0 aliphatic heterocycles. The van der Waals surface area contributed by atoms with Crippen LogP contribution in [0.5, 0.6) is 0 Å². The van der Waals surface area contributed by atoms with Crippen molar-refractivity contribution in [3.05, 3.63) is 21.9 Å². The molecule has 78 valence electrons. The van der Waals surface area contributed by atoms with Crippen LogP contribution in [0, 0.1) is 12.8 Å². The first-order valence-corrected chi connectivity index (χ1v) is 6.82. The molecule has 14 heavy (non-hydrogen) atoms. The lowest BCUT2D eigenvalue weighted by Crippen LogP contribution is -2.15. The number of alkyl halides is 1. The lowest BCUT2D eigenvalue weighted by molar-refractivity contribution is 0.347. The highest BCUT2D eigenvalue weighted by molar-refractivity contribution is 7.10. The Balaban J connectivity index is 2.08. The quantitative estimate of drug-likeness (QED) is 0.651. The van der Waals surface area contributed by atoms with Crippen LogP contribution in [-0.4, -0.2) is 5.88 Å². The van der Waals surface area contributed by atoms with Crippen molar-refractivity contribution in [1.82, 2.24) is 0 Å². The molecule has 0 bridgehead atoms. The van der Waals surface area contributed by atoms with Crippen LogP contribution in [0.4, 0.5) is 0 Å². The van der Waals surface area contributed by atoms with Crippen molar-refractivity contribution in [2.75, 3.05) is 5.88 Å². The van der Waals surface area contributed by atoms with Crippen molar-refractivity contribution in [2.24, 2.45) is 5.92 Å². The zero-order chi connectivity index (χ0) is 9.97. The first-order chi connectivity index (χ1) is 6.81. The van der Waals surface area contributed by atoms with E-state index in [0.29, 0.717) is 0 Å². The molecule has 0 N–H and O–H groups in total. The molecule has 0 aromatic carbocycles. The van der Waals surface area contributed by atoms with Gasteiger partial charge in [-0.3, -0.25) is 0 Å². The Morgan fingerprint density at radius 3 is 3.00 bits per heavy atom. The summed E-state index contributed by atoms with van der Waals surface area (Å²) in [5.74, 6) is 2.40. The van der Waals surface area contributed by atoms with Gasteiger partial charge < -0.3 is 0 Å². The van der Waals surface area contributed by atoms with Gasteiger partial charge in [0.2, 0.25) is 0 Å². The molecule has 0 nitrogen and oxygen atoms in total. The highest BCUT2D eigenvalue weighted by atomic mass is 35.5. The van der Waals surface area contributed by atoms with Crippen LogP contribution in [0.2, 0.25) is 0 Å². The Kier molecular flexibility index (Phi) is 3.51. The summed E-state index contributed by atoms with van der Waals surface area (Å²) in [6.45, 7) is 2.24. The topological polar surface area (TPSA) is 0 Å². The summed E-state index contributed by atoms with van der Waals surface area (Å²) < 4.78 is 0. The van der Waals surface area contributed by atoms with Gasteiger partial charge in [0.15, 0.2) is 0 Å². The average Bonchev–Trinajstić information content (AvgIpc) is 2.65. The minimum Gasteiger partial charge on any atom is -0.149 e. The van der Waals surface area contributed by atoms with E-state index >= 15 is 0 Å². The van der Waals surface area contributed by atoms with E-state index in [-0.39, 0.29) is 0 Å². The maximum atomic E-state index is 5.95. The minimum absolute atomic E-state index is 0.759. The molecule has 1 heterocycles. The highest BCUT2D eigenvalue weighted by Gasteiger charge is 2.23. The maximum absolute atomic E-state index is 5.95. The van der Waals surface area contributed by atoms with Crippen molar-refractivity contribution in [2.45, 2.75) is 38.5 Å². The van der Waals surface area contributed by atoms with Crippen LogP contribution in [0.25, 0.3) is 0 Å². The van der Waals surface area contributed by atoms with E-state index in [0.717, 1.165) is 17.7 Å². The molecular weight excluding hydrogens is 212 g/mol. The highest BCUT2D eigenvalue weighted by Crippen LogP contribution is 2.38. The number of halogens is 1. The third-order valence-corrected chi connectivity index (χ3v) is 4.64. The van der Waals surface area contributed by atoms with Gasteiger partial charge in [-0.1, -0.05) is 6.42 Å². The van der Waals surface area contributed by atoms with E-state index in [1.54, 1.807) is 5.56 Å². The van der Waals surface area contributed by atoms with Crippen molar-refractivity contribution < 1.29 is 0 Å². The van der Waals surface area contributed by atoms with Gasteiger partial charge in [0.1, 0.15) is 0 Å². The smallest absolute Gasteiger partial charge is 0.0251 e. The normalized spacial score (nSPS) is 27.9. The minimum atomic E-state index is 0.759. The Hall–Kier alpha value is -0.0100. The second kappa shape index (κ2) is 4.67. The van der Waals surface area contributed by atoms with E-state index in [9.17, 15) is 0 Å². The molecule has 0 radical (unpaired) electrons. The lowest BCUT2D eigenvalue weighted by Gasteiger charge is -2.28. The van der Waals surface area contributed by atoms with Crippen LogP contribution >= 0.6 is 22.9 Å². The molecule has 2 unspecified atom stereocenters. The van der Waals surface area contributed by atoms with Crippen molar-refractivity contribution in [3.8, 4) is 0 Å². The lowest BCUT2D eigenvalue weighted by atomic mass is 9.79. The predicted octanol–water partition coefficient (Wildman–Crippen LogP) is 4.57. The van der Waals surface area contributed by atoms with Gasteiger partial charge in [-0.2, -0.15) is 0 Å². The Morgan fingerprint density at radius 1 is 1.50 bits per heavy atom. The van der Waals surface area contributed by atoms with Crippen LogP contribution in [0.3, 0.4) is 0 Å². The zero-order valence-corrected chi connectivity index (χ0v) is 10.2. The van der Waals surface area contributed by atoms with Crippen LogP contribution in [-0.2, 0) is 0 Å². The van der Waals surface area contributed by atoms with Crippen molar-refractivity contribution in [3.63, 3.8) is 0 Å². The van der Waals surface area contributed by atoms with Gasteiger partial charge in [-0.05, 0) is 55.0 Å². The summed E-state index contributed by atoms with van der Waals surface area (Å²) in [6.07, 6.45) is 5.37. The van der Waals surface area contributed by atoms with Crippen molar-refractivity contribution >= 4 is 22.9 Å². The second-order valence-electron chi connectivity index (χ2n) is 4.32. The molecule has 0 saturated heterocycles. The summed E-state index contributed by atoms with van der Waals surface area (Å²) in [7, 11) is 0. The third-order valence-electron chi connectivity index (χ3n) is 3.34. The molecule has 2 heteroatoms. The van der Waals surface area contributed by atoms with Gasteiger partial charge in [0.05, 0.1) is 0 Å². The summed E-state index contributed by atoms with van der Waals surface area (Å²) >= 11 is 7.82. The number of rotatable bonds is 2. The number of thiophene rings is 1. The molecule has 0 amide bonds. The summed E-state index contributed by atoms with van der Waals surface area (Å²) in [6, 6.07) is 2.31. The third kappa shape index (κ3) is 2.14. The Labute approximate surface area is 95.3 Å². The molecule has 1 saturated carbocycles. The van der Waals surface area contributed by atoms with E-state index in [1.165, 1.54) is 30.6 Å². The first-order valence-electron chi connectivity index (χ1n) is 5.41. The monoisotopic (exact) mass is 228 g/mol. The molecule has 1 aliphatic rings. The van der Waals surface area contributed by atoms with Gasteiger partial charge in [0, 0.05) is 10.8 Å². The largest absolute Gasteiger partial charge is 0.149 e. The van der Waals surface area contributed by atoms with Crippen molar-refractivity contribution in [1.29, 1.82) is 0 Å². The molecule has 2 rings (SSSR count). The molecule has 0 spiro atoms. The van der Waals surface area contributed by atoms with E-state index < -0.39 is 0 Å². The van der Waals surface area contributed by atoms with Crippen LogP contribution in [0.1, 0.15) is 42.0 Å². The second-order valence-corrected chi connectivity index (χ2v) is 5.74. The summed E-state index contributed by atoms with van der Waals surface area (Å²) in [4.78, 5) is 1.50. The average molecular weight is 229 g/mol. The molecular formula is C12H17ClS. The number of hydrogen-bond donors (Lipinski definition) is 0. The number of aryl methyl sites for hydroxylation is 1. The standard InChI is InChI=1S/C12H17ClS/c1-9-12(5-6-14-9)11-4-2-3-10(7-11)8-13/h5-6,10-11H,2-4,7-8H2,1H3. The predicted molar refractivity (Wildman–Crippen MR) is 64.5 cm³/mol. The van der Waals surface area contributed by atoms with Crippen LogP contribution < -0.4 is 0 Å². The van der Waals surface area contributed by atoms with Gasteiger partial charge >= 0.3 is 0 Å². The summed E-state index contributed by atoms with van der Waals surface area (Å²) in [5, 5.41) is 2.22. The van der Waals surface area contributed by atoms with E-state index in [1.807, 2.05) is 11.3 Å². The molecule has 1 aliphatic carbocycles. The first kappa shape index (κ1) is 10.5. The Bertz CT molecular complexity index is 292.